The minimum absolute atomic E-state index is 0.178. The number of aliphatic imine (C=N–C) groups is 1. The molecule has 1 aliphatic rings. The number of amidine groups is 1. The van der Waals surface area contributed by atoms with E-state index in [-0.39, 0.29) is 10.6 Å². The highest BCUT2D eigenvalue weighted by Gasteiger charge is 2.22. The normalized spacial score (nSPS) is 18.7. The molecule has 1 saturated heterocycles. The summed E-state index contributed by atoms with van der Waals surface area (Å²) in [7, 11) is 2.01. The monoisotopic (exact) mass is 319 g/mol. The van der Waals surface area contributed by atoms with E-state index in [4.69, 9.17) is 0 Å². The van der Waals surface area contributed by atoms with Crippen molar-refractivity contribution >= 4 is 28.3 Å². The maximum Gasteiger partial charge on any atom is 0.275 e. The SMILES string of the molecule is Cc1cc(N=C2SC/C(=C\C(C)C)N2C)cc(C)c1[N+](=O)[O-]. The number of hydrogen-bond acceptors (Lipinski definition) is 4. The van der Waals surface area contributed by atoms with Gasteiger partial charge in [0.15, 0.2) is 5.17 Å². The molecule has 0 saturated carbocycles. The zero-order valence-electron chi connectivity index (χ0n) is 13.6. The van der Waals surface area contributed by atoms with E-state index in [1.807, 2.05) is 7.05 Å². The Labute approximate surface area is 135 Å². The summed E-state index contributed by atoms with van der Waals surface area (Å²) in [6, 6.07) is 3.55. The summed E-state index contributed by atoms with van der Waals surface area (Å²) >= 11 is 1.69. The van der Waals surface area contributed by atoms with Crippen LogP contribution in [0.15, 0.2) is 28.9 Å². The van der Waals surface area contributed by atoms with Crippen molar-refractivity contribution in [3.63, 3.8) is 0 Å². The third kappa shape index (κ3) is 3.50. The molecule has 0 unspecified atom stereocenters. The van der Waals surface area contributed by atoms with E-state index in [2.05, 4.69) is 29.8 Å². The van der Waals surface area contributed by atoms with Gasteiger partial charge < -0.3 is 4.90 Å². The number of aryl methyl sites for hydroxylation is 2. The third-order valence-electron chi connectivity index (χ3n) is 3.48. The van der Waals surface area contributed by atoms with Gasteiger partial charge in [0.1, 0.15) is 0 Å². The van der Waals surface area contributed by atoms with Crippen LogP contribution in [0, 0.1) is 29.9 Å². The number of hydrogen-bond donors (Lipinski definition) is 0. The van der Waals surface area contributed by atoms with Crippen molar-refractivity contribution < 1.29 is 4.92 Å². The Balaban J connectivity index is 2.33. The molecule has 0 amide bonds. The van der Waals surface area contributed by atoms with Gasteiger partial charge in [-0.2, -0.15) is 0 Å². The number of nitro groups is 1. The van der Waals surface area contributed by atoms with Crippen LogP contribution in [-0.4, -0.2) is 27.8 Å². The molecular weight excluding hydrogens is 298 g/mol. The Morgan fingerprint density at radius 2 is 1.95 bits per heavy atom. The molecule has 1 aromatic carbocycles. The van der Waals surface area contributed by atoms with Gasteiger partial charge in [-0.25, -0.2) is 4.99 Å². The van der Waals surface area contributed by atoms with Crippen LogP contribution in [0.25, 0.3) is 0 Å². The Hall–Kier alpha value is -1.82. The Kier molecular flexibility index (Phi) is 4.90. The van der Waals surface area contributed by atoms with Crippen molar-refractivity contribution in [2.75, 3.05) is 12.8 Å². The first-order valence-corrected chi connectivity index (χ1v) is 8.19. The molecule has 0 N–H and O–H groups in total. The number of rotatable bonds is 3. The summed E-state index contributed by atoms with van der Waals surface area (Å²) in [5.41, 5.74) is 3.49. The van der Waals surface area contributed by atoms with Gasteiger partial charge in [-0.15, -0.1) is 0 Å². The Morgan fingerprint density at radius 1 is 1.36 bits per heavy atom. The highest BCUT2D eigenvalue weighted by molar-refractivity contribution is 8.14. The second-order valence-electron chi connectivity index (χ2n) is 5.83. The van der Waals surface area contributed by atoms with E-state index in [0.717, 1.165) is 16.6 Å². The molecule has 5 nitrogen and oxygen atoms in total. The van der Waals surface area contributed by atoms with Gasteiger partial charge in [0.25, 0.3) is 5.69 Å². The third-order valence-corrected chi connectivity index (χ3v) is 4.54. The second-order valence-corrected chi connectivity index (χ2v) is 6.77. The van der Waals surface area contributed by atoms with Gasteiger partial charge in [0.2, 0.25) is 0 Å². The molecule has 0 radical (unpaired) electrons. The zero-order chi connectivity index (χ0) is 16.4. The molecule has 0 atom stereocenters. The van der Waals surface area contributed by atoms with Crippen molar-refractivity contribution in [3.05, 3.63) is 45.1 Å². The first-order chi connectivity index (χ1) is 10.3. The molecule has 22 heavy (non-hydrogen) atoms. The van der Waals surface area contributed by atoms with Crippen LogP contribution in [-0.2, 0) is 0 Å². The van der Waals surface area contributed by atoms with Crippen LogP contribution < -0.4 is 0 Å². The van der Waals surface area contributed by atoms with Gasteiger partial charge in [0, 0.05) is 29.6 Å². The number of nitrogens with zero attached hydrogens (tertiary/aromatic N) is 3. The number of benzene rings is 1. The van der Waals surface area contributed by atoms with Crippen LogP contribution in [0.4, 0.5) is 11.4 Å². The summed E-state index contributed by atoms with van der Waals surface area (Å²) in [6.07, 6.45) is 2.24. The van der Waals surface area contributed by atoms with Gasteiger partial charge in [-0.1, -0.05) is 31.7 Å². The topological polar surface area (TPSA) is 58.7 Å². The van der Waals surface area contributed by atoms with E-state index < -0.39 is 0 Å². The van der Waals surface area contributed by atoms with Gasteiger partial charge >= 0.3 is 0 Å². The van der Waals surface area contributed by atoms with Gasteiger partial charge in [-0.05, 0) is 31.9 Å². The van der Waals surface area contributed by atoms with E-state index >= 15 is 0 Å². The van der Waals surface area contributed by atoms with Crippen LogP contribution >= 0.6 is 11.8 Å². The average molecular weight is 319 g/mol. The first-order valence-electron chi connectivity index (χ1n) is 7.21. The van der Waals surface area contributed by atoms with Crippen molar-refractivity contribution in [1.82, 2.24) is 4.90 Å². The minimum Gasteiger partial charge on any atom is -0.327 e. The van der Waals surface area contributed by atoms with Crippen molar-refractivity contribution in [3.8, 4) is 0 Å². The molecule has 0 aliphatic carbocycles. The lowest BCUT2D eigenvalue weighted by Crippen LogP contribution is -2.17. The summed E-state index contributed by atoms with van der Waals surface area (Å²) in [5, 5.41) is 12.0. The molecule has 0 aromatic heterocycles. The van der Waals surface area contributed by atoms with Crippen molar-refractivity contribution in [2.45, 2.75) is 27.7 Å². The Morgan fingerprint density at radius 3 is 2.45 bits per heavy atom. The standard InChI is InChI=1S/C16H21N3O2S/c1-10(2)6-14-9-22-16(18(14)5)17-13-7-11(3)15(19(20)21)12(4)8-13/h6-8,10H,9H2,1-5H3/b14-6+,17-16?. The fraction of sp³-hybridized carbons (Fsp3) is 0.438. The molecule has 1 heterocycles. The molecular formula is C16H21N3O2S. The van der Waals surface area contributed by atoms with Crippen molar-refractivity contribution in [1.29, 1.82) is 0 Å². The predicted octanol–water partition coefficient (Wildman–Crippen LogP) is 4.42. The molecule has 0 spiro atoms. The fourth-order valence-corrected chi connectivity index (χ4v) is 3.55. The smallest absolute Gasteiger partial charge is 0.275 e. The Bertz CT molecular complexity index is 642. The highest BCUT2D eigenvalue weighted by Crippen LogP contribution is 2.32. The molecule has 1 fully saturated rings. The summed E-state index contributed by atoms with van der Waals surface area (Å²) in [6.45, 7) is 7.82. The molecule has 2 rings (SSSR count). The number of thioether (sulfide) groups is 1. The molecule has 0 bridgehead atoms. The molecule has 118 valence electrons. The maximum atomic E-state index is 11.0. The van der Waals surface area contributed by atoms with Crippen LogP contribution in [0.5, 0.6) is 0 Å². The van der Waals surface area contributed by atoms with Gasteiger partial charge in [0.05, 0.1) is 10.6 Å². The molecule has 6 heteroatoms. The zero-order valence-corrected chi connectivity index (χ0v) is 14.4. The molecule has 1 aliphatic heterocycles. The van der Waals surface area contributed by atoms with E-state index in [0.29, 0.717) is 17.0 Å². The first kappa shape index (κ1) is 16.5. The number of allylic oxidation sites excluding steroid dienone is 1. The van der Waals surface area contributed by atoms with E-state index in [1.54, 1.807) is 37.7 Å². The van der Waals surface area contributed by atoms with Crippen LogP contribution in [0.3, 0.4) is 0 Å². The van der Waals surface area contributed by atoms with Crippen LogP contribution in [0.1, 0.15) is 25.0 Å². The van der Waals surface area contributed by atoms with E-state index in [9.17, 15) is 10.1 Å². The molecule has 1 aromatic rings. The van der Waals surface area contributed by atoms with Crippen molar-refractivity contribution in [2.24, 2.45) is 10.9 Å². The highest BCUT2D eigenvalue weighted by atomic mass is 32.2. The largest absolute Gasteiger partial charge is 0.327 e. The minimum atomic E-state index is -0.332. The summed E-state index contributed by atoms with van der Waals surface area (Å²) < 4.78 is 0. The maximum absolute atomic E-state index is 11.0. The lowest BCUT2D eigenvalue weighted by Gasteiger charge is -2.14. The van der Waals surface area contributed by atoms with Crippen LogP contribution in [0.2, 0.25) is 0 Å². The summed E-state index contributed by atoms with van der Waals surface area (Å²) in [4.78, 5) is 17.5. The predicted molar refractivity (Wildman–Crippen MR) is 92.8 cm³/mol. The fourth-order valence-electron chi connectivity index (χ4n) is 2.50. The van der Waals surface area contributed by atoms with Gasteiger partial charge in [-0.3, -0.25) is 10.1 Å². The second kappa shape index (κ2) is 6.52. The summed E-state index contributed by atoms with van der Waals surface area (Å²) in [5.74, 6) is 1.42. The lowest BCUT2D eigenvalue weighted by molar-refractivity contribution is -0.386. The lowest BCUT2D eigenvalue weighted by atomic mass is 10.1. The quantitative estimate of drug-likeness (QED) is 0.611. The van der Waals surface area contributed by atoms with E-state index in [1.165, 1.54) is 5.70 Å². The average Bonchev–Trinajstić information content (AvgIpc) is 2.69. The number of nitro benzene ring substituents is 1.